The van der Waals surface area contributed by atoms with E-state index in [0.29, 0.717) is 5.02 Å². The van der Waals surface area contributed by atoms with Crippen LogP contribution in [0.1, 0.15) is 39.0 Å². The number of benzene rings is 1. The van der Waals surface area contributed by atoms with Gasteiger partial charge in [-0.2, -0.15) is 0 Å². The van der Waals surface area contributed by atoms with Crippen LogP contribution in [0, 0.1) is 16.0 Å². The molecule has 0 saturated heterocycles. The van der Waals surface area contributed by atoms with Crippen molar-refractivity contribution in [3.8, 4) is 5.75 Å². The van der Waals surface area contributed by atoms with Crippen LogP contribution in [0.5, 0.6) is 5.75 Å². The zero-order valence-corrected chi connectivity index (χ0v) is 11.7. The molecule has 4 nitrogen and oxygen atoms in total. The normalized spacial score (nSPS) is 23.1. The van der Waals surface area contributed by atoms with Gasteiger partial charge in [0.1, 0.15) is 0 Å². The van der Waals surface area contributed by atoms with Gasteiger partial charge in [0.15, 0.2) is 5.75 Å². The van der Waals surface area contributed by atoms with E-state index in [1.165, 1.54) is 24.6 Å². The van der Waals surface area contributed by atoms with Crippen molar-refractivity contribution in [2.75, 3.05) is 0 Å². The fourth-order valence-electron chi connectivity index (χ4n) is 2.57. The van der Waals surface area contributed by atoms with Gasteiger partial charge in [0.25, 0.3) is 0 Å². The molecule has 2 rings (SSSR count). The number of nitro benzene ring substituents is 1. The van der Waals surface area contributed by atoms with Crippen molar-refractivity contribution in [3.63, 3.8) is 0 Å². The van der Waals surface area contributed by atoms with Crippen LogP contribution in [0.2, 0.25) is 5.02 Å². The van der Waals surface area contributed by atoms with Gasteiger partial charge in [-0.15, -0.1) is 0 Å². The minimum absolute atomic E-state index is 0.0120. The Morgan fingerprint density at radius 3 is 2.63 bits per heavy atom. The molecular formula is C14H18ClNO3. The highest BCUT2D eigenvalue weighted by atomic mass is 35.5. The van der Waals surface area contributed by atoms with E-state index in [1.54, 1.807) is 0 Å². The second-order valence-electron chi connectivity index (χ2n) is 5.04. The summed E-state index contributed by atoms with van der Waals surface area (Å²) in [6, 6.07) is 4.45. The van der Waals surface area contributed by atoms with Gasteiger partial charge in [-0.25, -0.2) is 0 Å². The molecule has 1 aromatic rings. The van der Waals surface area contributed by atoms with Crippen molar-refractivity contribution < 1.29 is 9.66 Å². The topological polar surface area (TPSA) is 52.4 Å². The molecule has 5 heteroatoms. The van der Waals surface area contributed by atoms with Gasteiger partial charge in [-0.3, -0.25) is 10.1 Å². The molecule has 1 saturated carbocycles. The molecule has 0 aliphatic heterocycles. The quantitative estimate of drug-likeness (QED) is 0.599. The molecule has 0 radical (unpaired) electrons. The molecule has 0 heterocycles. The van der Waals surface area contributed by atoms with E-state index in [2.05, 4.69) is 6.92 Å². The van der Waals surface area contributed by atoms with E-state index in [4.69, 9.17) is 16.3 Å². The van der Waals surface area contributed by atoms with Gasteiger partial charge in [0.05, 0.1) is 11.0 Å². The monoisotopic (exact) mass is 283 g/mol. The lowest BCUT2D eigenvalue weighted by molar-refractivity contribution is -0.386. The maximum atomic E-state index is 11.0. The summed E-state index contributed by atoms with van der Waals surface area (Å²) >= 11 is 5.88. The highest BCUT2D eigenvalue weighted by Gasteiger charge is 2.24. The predicted molar refractivity (Wildman–Crippen MR) is 74.8 cm³/mol. The van der Waals surface area contributed by atoms with Crippen molar-refractivity contribution in [2.45, 2.75) is 45.1 Å². The third-order valence-corrected chi connectivity index (χ3v) is 4.02. The first kappa shape index (κ1) is 14.1. The summed E-state index contributed by atoms with van der Waals surface area (Å²) in [6.07, 6.45) is 5.46. The Bertz CT molecular complexity index is 456. The lowest BCUT2D eigenvalue weighted by Crippen LogP contribution is -2.24. The van der Waals surface area contributed by atoms with E-state index in [-0.39, 0.29) is 17.5 Å². The molecule has 1 aliphatic carbocycles. The molecule has 104 valence electrons. The van der Waals surface area contributed by atoms with Crippen molar-refractivity contribution in [1.29, 1.82) is 0 Å². The summed E-state index contributed by atoms with van der Waals surface area (Å²) in [7, 11) is 0. The Morgan fingerprint density at radius 2 is 2.05 bits per heavy atom. The summed E-state index contributed by atoms with van der Waals surface area (Å²) in [5, 5.41) is 11.4. The summed E-state index contributed by atoms with van der Waals surface area (Å²) in [5.41, 5.74) is -0.0120. The van der Waals surface area contributed by atoms with E-state index in [1.807, 2.05) is 0 Å². The molecule has 0 amide bonds. The van der Waals surface area contributed by atoms with Crippen molar-refractivity contribution in [2.24, 2.45) is 5.92 Å². The average Bonchev–Trinajstić information content (AvgIpc) is 2.39. The van der Waals surface area contributed by atoms with Crippen molar-refractivity contribution in [1.82, 2.24) is 0 Å². The van der Waals surface area contributed by atoms with Crippen LogP contribution in [0.3, 0.4) is 0 Å². The first-order chi connectivity index (χ1) is 9.10. The maximum Gasteiger partial charge on any atom is 0.311 e. The minimum Gasteiger partial charge on any atom is -0.483 e. The third-order valence-electron chi connectivity index (χ3n) is 3.78. The van der Waals surface area contributed by atoms with Crippen molar-refractivity contribution in [3.05, 3.63) is 33.3 Å². The van der Waals surface area contributed by atoms with E-state index < -0.39 is 4.92 Å². The number of hydrogen-bond acceptors (Lipinski definition) is 3. The SMILES string of the molecule is CCC1CCC(Oc2cc(Cl)ccc2[N+](=O)[O-])CC1. The maximum absolute atomic E-state index is 11.0. The Labute approximate surface area is 117 Å². The smallest absolute Gasteiger partial charge is 0.311 e. The van der Waals surface area contributed by atoms with Crippen LogP contribution in [0.15, 0.2) is 18.2 Å². The number of nitrogens with zero attached hydrogens (tertiary/aromatic N) is 1. The van der Waals surface area contributed by atoms with E-state index in [9.17, 15) is 10.1 Å². The summed E-state index contributed by atoms with van der Waals surface area (Å²) in [4.78, 5) is 10.5. The fourth-order valence-corrected chi connectivity index (χ4v) is 2.73. The number of nitro groups is 1. The van der Waals surface area contributed by atoms with Gasteiger partial charge in [0, 0.05) is 17.2 Å². The van der Waals surface area contributed by atoms with E-state index in [0.717, 1.165) is 31.6 Å². The molecule has 0 atom stereocenters. The number of halogens is 1. The van der Waals surface area contributed by atoms with Crippen LogP contribution in [0.4, 0.5) is 5.69 Å². The molecule has 0 N–H and O–H groups in total. The molecule has 0 aromatic heterocycles. The standard InChI is InChI=1S/C14H18ClNO3/c1-2-10-3-6-12(7-4-10)19-14-9-11(15)5-8-13(14)16(17)18/h5,8-10,12H,2-4,6-7H2,1H3. The predicted octanol–water partition coefficient (Wildman–Crippen LogP) is 4.60. The largest absolute Gasteiger partial charge is 0.483 e. The minimum atomic E-state index is -0.427. The zero-order valence-electron chi connectivity index (χ0n) is 11.0. The van der Waals surface area contributed by atoms with Gasteiger partial charge in [-0.1, -0.05) is 24.9 Å². The lowest BCUT2D eigenvalue weighted by Gasteiger charge is -2.28. The Morgan fingerprint density at radius 1 is 1.37 bits per heavy atom. The fraction of sp³-hybridized carbons (Fsp3) is 0.571. The first-order valence-electron chi connectivity index (χ1n) is 6.70. The number of ether oxygens (including phenoxy) is 1. The Kier molecular flexibility index (Phi) is 4.64. The highest BCUT2D eigenvalue weighted by Crippen LogP contribution is 2.34. The molecule has 0 unspecified atom stereocenters. The molecular weight excluding hydrogens is 266 g/mol. The van der Waals surface area contributed by atoms with Gasteiger partial charge in [0.2, 0.25) is 0 Å². The second kappa shape index (κ2) is 6.24. The number of rotatable bonds is 4. The Hall–Kier alpha value is -1.29. The first-order valence-corrected chi connectivity index (χ1v) is 7.08. The van der Waals surface area contributed by atoms with Crippen molar-refractivity contribution >= 4 is 17.3 Å². The molecule has 1 fully saturated rings. The highest BCUT2D eigenvalue weighted by molar-refractivity contribution is 6.30. The third kappa shape index (κ3) is 3.60. The average molecular weight is 284 g/mol. The summed E-state index contributed by atoms with van der Waals surface area (Å²) in [5.74, 6) is 1.06. The lowest BCUT2D eigenvalue weighted by atomic mass is 9.86. The number of hydrogen-bond donors (Lipinski definition) is 0. The van der Waals surface area contributed by atoms with E-state index >= 15 is 0 Å². The molecule has 1 aromatic carbocycles. The second-order valence-corrected chi connectivity index (χ2v) is 5.47. The van der Waals surface area contributed by atoms with Crippen LogP contribution >= 0.6 is 11.6 Å². The van der Waals surface area contributed by atoms with Crippen LogP contribution in [0.25, 0.3) is 0 Å². The Balaban J connectivity index is 2.06. The van der Waals surface area contributed by atoms with Gasteiger partial charge >= 0.3 is 5.69 Å². The molecule has 19 heavy (non-hydrogen) atoms. The van der Waals surface area contributed by atoms with Crippen LogP contribution < -0.4 is 4.74 Å². The molecule has 0 bridgehead atoms. The molecule has 1 aliphatic rings. The summed E-state index contributed by atoms with van der Waals surface area (Å²) < 4.78 is 5.80. The zero-order chi connectivity index (χ0) is 13.8. The van der Waals surface area contributed by atoms with Crippen LogP contribution in [-0.4, -0.2) is 11.0 Å². The molecule has 0 spiro atoms. The van der Waals surface area contributed by atoms with Gasteiger partial charge < -0.3 is 4.74 Å². The van der Waals surface area contributed by atoms with Gasteiger partial charge in [-0.05, 0) is 37.7 Å². The van der Waals surface area contributed by atoms with Crippen LogP contribution in [-0.2, 0) is 0 Å². The summed E-state index contributed by atoms with van der Waals surface area (Å²) in [6.45, 7) is 2.20.